The average molecular weight is 739 g/mol. The Morgan fingerprint density at radius 2 is 0.841 bits per heavy atom. The molecule has 2 unspecified atom stereocenters. The summed E-state index contributed by atoms with van der Waals surface area (Å²) in [4.78, 5) is 22.2. The first-order valence-electron chi connectivity index (χ1n) is 15.4. The van der Waals surface area contributed by atoms with Crippen molar-refractivity contribution >= 4 is 78.9 Å². The van der Waals surface area contributed by atoms with Crippen LogP contribution in [0.15, 0.2) is 0 Å². The number of carbonyl (C=O) groups is 2. The van der Waals surface area contributed by atoms with Gasteiger partial charge in [0.1, 0.15) is 5.05 Å². The van der Waals surface area contributed by atoms with Crippen molar-refractivity contribution in [1.29, 1.82) is 0 Å². The van der Waals surface area contributed by atoms with Gasteiger partial charge in [-0.15, -0.1) is 25.3 Å². The molecule has 0 aliphatic heterocycles. The summed E-state index contributed by atoms with van der Waals surface area (Å²) in [6.45, 7) is 30.8. The van der Waals surface area contributed by atoms with Gasteiger partial charge in [0.15, 0.2) is 10.2 Å². The SMILES string of the molecule is CCC(=S)O[Si](OC(C)C)(OC(C)C)OC(C)C.CCO[Si](C)(OCC)C(C)C(=O)S.CCO[Si](C)(OCC)C(C)C(=O)S. The van der Waals surface area contributed by atoms with Gasteiger partial charge in [-0.2, -0.15) is 0 Å². The van der Waals surface area contributed by atoms with Crippen molar-refractivity contribution < 1.29 is 45.0 Å². The molecule has 0 aliphatic rings. The molecule has 0 heterocycles. The molecular weight excluding hydrogens is 677 g/mol. The molecule has 0 aromatic heterocycles. The third-order valence-electron chi connectivity index (χ3n) is 5.71. The van der Waals surface area contributed by atoms with E-state index in [0.29, 0.717) is 37.9 Å². The zero-order valence-electron chi connectivity index (χ0n) is 29.8. The van der Waals surface area contributed by atoms with E-state index < -0.39 is 26.2 Å². The molecule has 0 aromatic rings. The Morgan fingerprint density at radius 1 is 0.591 bits per heavy atom. The van der Waals surface area contributed by atoms with Crippen LogP contribution in [0.25, 0.3) is 0 Å². The summed E-state index contributed by atoms with van der Waals surface area (Å²) in [5.74, 6) is 0. The van der Waals surface area contributed by atoms with Gasteiger partial charge in [0.25, 0.3) is 0 Å². The standard InChI is InChI=1S/C12H26O4SSi.2C8H18O3SSi/c1-8-12(17)16-18(13-9(2)3,14-10(4)5)15-11(6)7;2*1-5-10-13(4,11-6-2)7(3)8(9)12/h9-11H,8H2,1-7H3;2*7H,5-6H2,1-4H3,(H,9,12). The van der Waals surface area contributed by atoms with Crippen LogP contribution in [0.2, 0.25) is 24.2 Å². The molecular formula is C28H62O10S3Si3. The highest BCUT2D eigenvalue weighted by Gasteiger charge is 2.51. The molecule has 0 bridgehead atoms. The van der Waals surface area contributed by atoms with Crippen LogP contribution < -0.4 is 0 Å². The minimum atomic E-state index is -3.21. The fourth-order valence-electron chi connectivity index (χ4n) is 3.41. The zero-order chi connectivity index (χ0) is 35.3. The van der Waals surface area contributed by atoms with Gasteiger partial charge in [-0.05, 0) is 94.5 Å². The van der Waals surface area contributed by atoms with Gasteiger partial charge in [0.05, 0.1) is 11.1 Å². The minimum absolute atomic E-state index is 0.0474. The Labute approximate surface area is 288 Å². The van der Waals surface area contributed by atoms with Crippen LogP contribution in [0, 0.1) is 0 Å². The first-order chi connectivity index (χ1) is 20.2. The topological polar surface area (TPSA) is 108 Å². The van der Waals surface area contributed by atoms with E-state index in [1.54, 1.807) is 0 Å². The highest BCUT2D eigenvalue weighted by atomic mass is 32.1. The van der Waals surface area contributed by atoms with Crippen molar-refractivity contribution in [1.82, 2.24) is 0 Å². The van der Waals surface area contributed by atoms with E-state index in [1.807, 2.05) is 103 Å². The third-order valence-corrected chi connectivity index (χ3v) is 17.4. The highest BCUT2D eigenvalue weighted by Crippen LogP contribution is 2.27. The molecule has 0 N–H and O–H groups in total. The van der Waals surface area contributed by atoms with Crippen LogP contribution in [-0.4, -0.2) is 86.2 Å². The second-order valence-corrected chi connectivity index (χ2v) is 20.9. The molecule has 0 saturated carbocycles. The van der Waals surface area contributed by atoms with Gasteiger partial charge >= 0.3 is 26.2 Å². The third kappa shape index (κ3) is 21.2. The van der Waals surface area contributed by atoms with Crippen molar-refractivity contribution in [2.45, 2.75) is 139 Å². The lowest BCUT2D eigenvalue weighted by Gasteiger charge is -2.32. The Balaban J connectivity index is -0.000000585. The largest absolute Gasteiger partial charge is 0.750 e. The predicted molar refractivity (Wildman–Crippen MR) is 195 cm³/mol. The first-order valence-corrected chi connectivity index (χ1v) is 23.1. The van der Waals surface area contributed by atoms with Gasteiger partial charge in [-0.25, -0.2) is 0 Å². The van der Waals surface area contributed by atoms with Crippen LogP contribution in [0.1, 0.15) is 96.4 Å². The summed E-state index contributed by atoms with van der Waals surface area (Å²) < 4.78 is 45.3. The van der Waals surface area contributed by atoms with Gasteiger partial charge in [0, 0.05) is 51.2 Å². The van der Waals surface area contributed by atoms with Crippen LogP contribution in [-0.2, 0) is 45.0 Å². The van der Waals surface area contributed by atoms with E-state index in [4.69, 9.17) is 47.6 Å². The Kier molecular flexibility index (Phi) is 28.0. The molecule has 0 amide bonds. The Morgan fingerprint density at radius 3 is 1.00 bits per heavy atom. The van der Waals surface area contributed by atoms with Gasteiger partial charge in [-0.3, -0.25) is 9.59 Å². The summed E-state index contributed by atoms with van der Waals surface area (Å²) in [6, 6.07) is 0. The summed E-state index contributed by atoms with van der Waals surface area (Å²) >= 11 is 12.8. The monoisotopic (exact) mass is 738 g/mol. The molecule has 0 saturated heterocycles. The fraction of sp³-hybridized carbons (Fsp3) is 0.893. The maximum Gasteiger partial charge on any atom is 0.750 e. The van der Waals surface area contributed by atoms with Crippen molar-refractivity contribution in [3.63, 3.8) is 0 Å². The van der Waals surface area contributed by atoms with Crippen LogP contribution in [0.5, 0.6) is 0 Å². The number of thiocarbonyl (C=S) groups is 1. The molecule has 0 fully saturated rings. The maximum absolute atomic E-state index is 11.1. The normalized spacial score (nSPS) is 13.5. The smallest absolute Gasteiger partial charge is 0.474 e. The number of thiol groups is 2. The fourth-order valence-corrected chi connectivity index (χ4v) is 11.9. The van der Waals surface area contributed by atoms with Crippen molar-refractivity contribution in [2.24, 2.45) is 0 Å². The molecule has 0 aromatic carbocycles. The maximum atomic E-state index is 11.1. The number of hydrogen-bond donors (Lipinski definition) is 2. The van der Waals surface area contributed by atoms with Crippen LogP contribution >= 0.6 is 37.5 Å². The summed E-state index contributed by atoms with van der Waals surface area (Å²) in [5, 5.41) is 0.149. The van der Waals surface area contributed by atoms with E-state index in [9.17, 15) is 9.59 Å². The predicted octanol–water partition coefficient (Wildman–Crippen LogP) is 7.41. The molecule has 0 spiro atoms. The molecule has 16 heteroatoms. The van der Waals surface area contributed by atoms with Gasteiger partial charge < -0.3 is 35.4 Å². The van der Waals surface area contributed by atoms with Gasteiger partial charge in [0.2, 0.25) is 0 Å². The van der Waals surface area contributed by atoms with E-state index >= 15 is 0 Å². The molecule has 264 valence electrons. The average Bonchev–Trinajstić information content (AvgIpc) is 2.87. The number of rotatable bonds is 20. The lowest BCUT2D eigenvalue weighted by atomic mass is 10.5. The van der Waals surface area contributed by atoms with Crippen LogP contribution in [0.3, 0.4) is 0 Å². The highest BCUT2D eigenvalue weighted by molar-refractivity contribution is 7.97. The zero-order valence-corrected chi connectivity index (χ0v) is 35.4. The van der Waals surface area contributed by atoms with Crippen molar-refractivity contribution in [2.75, 3.05) is 26.4 Å². The second-order valence-electron chi connectivity index (χ2n) is 10.7. The summed E-state index contributed by atoms with van der Waals surface area (Å²) in [5.41, 5.74) is -0.452. The minimum Gasteiger partial charge on any atom is -0.474 e. The van der Waals surface area contributed by atoms with E-state index in [2.05, 4.69) is 25.3 Å². The molecule has 0 rings (SSSR count). The van der Waals surface area contributed by atoms with Gasteiger partial charge in [-0.1, -0.05) is 20.8 Å². The first kappa shape index (κ1) is 48.7. The molecule has 10 nitrogen and oxygen atoms in total. The van der Waals surface area contributed by atoms with Crippen molar-refractivity contribution in [3.05, 3.63) is 0 Å². The lowest BCUT2D eigenvalue weighted by molar-refractivity contribution is -0.112. The van der Waals surface area contributed by atoms with E-state index in [0.717, 1.165) is 0 Å². The lowest BCUT2D eigenvalue weighted by Crippen LogP contribution is -2.54. The Bertz CT molecular complexity index is 730. The van der Waals surface area contributed by atoms with E-state index in [1.165, 1.54) is 0 Å². The number of hydrogen-bond acceptors (Lipinski definition) is 11. The van der Waals surface area contributed by atoms with E-state index in [-0.39, 0.29) is 39.6 Å². The number of carbonyl (C=O) groups excluding carboxylic acids is 2. The molecule has 44 heavy (non-hydrogen) atoms. The van der Waals surface area contributed by atoms with Crippen molar-refractivity contribution in [3.8, 4) is 0 Å². The van der Waals surface area contributed by atoms with Crippen LogP contribution in [0.4, 0.5) is 0 Å². The Hall–Kier alpha value is 0.301. The summed E-state index contributed by atoms with van der Waals surface area (Å²) in [7, 11) is -7.89. The molecule has 0 radical (unpaired) electrons. The molecule has 0 aliphatic carbocycles. The second kappa shape index (κ2) is 25.3. The summed E-state index contributed by atoms with van der Waals surface area (Å²) in [6.07, 6.45) is 0.491. The molecule has 2 atom stereocenters. The quantitative estimate of drug-likeness (QED) is 0.0741.